The first-order valence-electron chi connectivity index (χ1n) is 11.4. The lowest BCUT2D eigenvalue weighted by atomic mass is 10.1. The van der Waals surface area contributed by atoms with Crippen molar-refractivity contribution < 1.29 is 9.15 Å². The van der Waals surface area contributed by atoms with E-state index in [2.05, 4.69) is 29.1 Å². The molecule has 3 aromatic heterocycles. The minimum absolute atomic E-state index is 0.134. The zero-order valence-corrected chi connectivity index (χ0v) is 19.5. The molecular formula is C27H26N4O3. The molecular weight excluding hydrogens is 428 g/mol. The van der Waals surface area contributed by atoms with E-state index in [1.165, 1.54) is 5.56 Å². The molecule has 0 aliphatic heterocycles. The number of ether oxygens (including phenoxy) is 1. The second-order valence-electron chi connectivity index (χ2n) is 8.09. The zero-order valence-electron chi connectivity index (χ0n) is 19.5. The summed E-state index contributed by atoms with van der Waals surface area (Å²) in [5.41, 5.74) is 4.88. The average Bonchev–Trinajstić information content (AvgIpc) is 3.46. The van der Waals surface area contributed by atoms with E-state index in [4.69, 9.17) is 9.15 Å². The molecule has 3 heterocycles. The van der Waals surface area contributed by atoms with Gasteiger partial charge in [-0.05, 0) is 44.0 Å². The molecule has 5 rings (SSSR count). The fourth-order valence-electron chi connectivity index (χ4n) is 3.98. The molecule has 34 heavy (non-hydrogen) atoms. The van der Waals surface area contributed by atoms with Crippen molar-refractivity contribution in [1.82, 2.24) is 19.2 Å². The van der Waals surface area contributed by atoms with E-state index < -0.39 is 0 Å². The monoisotopic (exact) mass is 454 g/mol. The summed E-state index contributed by atoms with van der Waals surface area (Å²) in [7, 11) is 0. The standard InChI is InChI=1S/C27H26N4O3/c1-4-19-10-12-20(13-11-19)22-16-24-27(32)30(14-15-31(24)29-22)17-23-18(3)34-26(28-23)21-8-6-7-9-25(21)33-5-2/h6-16H,4-5,17H2,1-3H3. The molecule has 2 aromatic carbocycles. The van der Waals surface area contributed by atoms with Gasteiger partial charge in [0.15, 0.2) is 0 Å². The van der Waals surface area contributed by atoms with E-state index in [-0.39, 0.29) is 5.56 Å². The number of hydrogen-bond donors (Lipinski definition) is 0. The summed E-state index contributed by atoms with van der Waals surface area (Å²) in [6.07, 6.45) is 4.51. The van der Waals surface area contributed by atoms with Crippen LogP contribution in [0.5, 0.6) is 5.75 Å². The van der Waals surface area contributed by atoms with Gasteiger partial charge in [0.05, 0.1) is 24.4 Å². The Kier molecular flexibility index (Phi) is 5.76. The molecule has 0 aliphatic carbocycles. The van der Waals surface area contributed by atoms with E-state index in [0.29, 0.717) is 36.0 Å². The number of fused-ring (bicyclic) bond motifs is 1. The Bertz CT molecular complexity index is 1510. The molecule has 0 amide bonds. The normalized spacial score (nSPS) is 11.3. The topological polar surface area (TPSA) is 74.6 Å². The van der Waals surface area contributed by atoms with Crippen molar-refractivity contribution in [1.29, 1.82) is 0 Å². The minimum Gasteiger partial charge on any atom is -0.493 e. The summed E-state index contributed by atoms with van der Waals surface area (Å²) in [5.74, 6) is 1.86. The third-order valence-corrected chi connectivity index (χ3v) is 5.89. The molecule has 0 bridgehead atoms. The van der Waals surface area contributed by atoms with Crippen molar-refractivity contribution in [3.63, 3.8) is 0 Å². The maximum absolute atomic E-state index is 13.2. The van der Waals surface area contributed by atoms with Crippen LogP contribution < -0.4 is 10.3 Å². The fourth-order valence-corrected chi connectivity index (χ4v) is 3.98. The zero-order chi connectivity index (χ0) is 23.7. The SMILES string of the molecule is CCOc1ccccc1-c1nc(Cn2ccn3nc(-c4ccc(CC)cc4)cc3c2=O)c(C)o1. The highest BCUT2D eigenvalue weighted by molar-refractivity contribution is 5.66. The van der Waals surface area contributed by atoms with Crippen molar-refractivity contribution in [2.45, 2.75) is 33.7 Å². The number of hydrogen-bond acceptors (Lipinski definition) is 5. The first-order valence-corrected chi connectivity index (χ1v) is 11.4. The number of nitrogens with zero attached hydrogens (tertiary/aromatic N) is 4. The molecule has 0 radical (unpaired) electrons. The van der Waals surface area contributed by atoms with Gasteiger partial charge in [0.1, 0.15) is 22.7 Å². The Hall–Kier alpha value is -4.13. The second kappa shape index (κ2) is 9.02. The number of para-hydroxylation sites is 1. The number of aryl methyl sites for hydroxylation is 2. The molecule has 0 fully saturated rings. The number of oxazole rings is 1. The van der Waals surface area contributed by atoms with Crippen LogP contribution in [0, 0.1) is 6.92 Å². The molecule has 7 nitrogen and oxygen atoms in total. The Morgan fingerprint density at radius 3 is 2.59 bits per heavy atom. The first-order chi connectivity index (χ1) is 16.6. The Labute approximate surface area is 197 Å². The largest absolute Gasteiger partial charge is 0.493 e. The molecule has 0 unspecified atom stereocenters. The van der Waals surface area contributed by atoms with Crippen molar-refractivity contribution in [3.05, 3.63) is 94.4 Å². The highest BCUT2D eigenvalue weighted by Gasteiger charge is 2.17. The van der Waals surface area contributed by atoms with E-state index in [9.17, 15) is 4.79 Å². The third kappa shape index (κ3) is 4.01. The van der Waals surface area contributed by atoms with Gasteiger partial charge in [-0.2, -0.15) is 5.10 Å². The van der Waals surface area contributed by atoms with Crippen LogP contribution in [0.4, 0.5) is 0 Å². The molecule has 0 spiro atoms. The predicted molar refractivity (Wildman–Crippen MR) is 131 cm³/mol. The predicted octanol–water partition coefficient (Wildman–Crippen LogP) is 5.14. The molecule has 0 atom stereocenters. The van der Waals surface area contributed by atoms with Gasteiger partial charge in [0.2, 0.25) is 5.89 Å². The molecule has 0 aliphatic rings. The summed E-state index contributed by atoms with van der Waals surface area (Å²) >= 11 is 0. The lowest BCUT2D eigenvalue weighted by molar-refractivity contribution is 0.340. The van der Waals surface area contributed by atoms with Crippen molar-refractivity contribution in [2.75, 3.05) is 6.61 Å². The van der Waals surface area contributed by atoms with E-state index in [0.717, 1.165) is 29.0 Å². The summed E-state index contributed by atoms with van der Waals surface area (Å²) in [6.45, 7) is 6.77. The van der Waals surface area contributed by atoms with Gasteiger partial charge in [-0.25, -0.2) is 9.50 Å². The Balaban J connectivity index is 1.47. The quantitative estimate of drug-likeness (QED) is 0.341. The van der Waals surface area contributed by atoms with Crippen molar-refractivity contribution in [3.8, 4) is 28.5 Å². The van der Waals surface area contributed by atoms with Gasteiger partial charge in [0, 0.05) is 18.0 Å². The van der Waals surface area contributed by atoms with Gasteiger partial charge in [-0.15, -0.1) is 0 Å². The van der Waals surface area contributed by atoms with Crippen LogP contribution >= 0.6 is 0 Å². The highest BCUT2D eigenvalue weighted by Crippen LogP contribution is 2.30. The molecule has 0 N–H and O–H groups in total. The smallest absolute Gasteiger partial charge is 0.276 e. The highest BCUT2D eigenvalue weighted by atomic mass is 16.5. The van der Waals surface area contributed by atoms with E-state index >= 15 is 0 Å². The van der Waals surface area contributed by atoms with Crippen LogP contribution in [0.25, 0.3) is 28.2 Å². The van der Waals surface area contributed by atoms with E-state index in [1.807, 2.05) is 56.3 Å². The molecule has 5 aromatic rings. The molecule has 172 valence electrons. The van der Waals surface area contributed by atoms with Gasteiger partial charge in [0.25, 0.3) is 5.56 Å². The summed E-state index contributed by atoms with van der Waals surface area (Å²) < 4.78 is 14.9. The maximum Gasteiger partial charge on any atom is 0.276 e. The van der Waals surface area contributed by atoms with Crippen LogP contribution in [-0.2, 0) is 13.0 Å². The van der Waals surface area contributed by atoms with Crippen LogP contribution in [0.3, 0.4) is 0 Å². The maximum atomic E-state index is 13.2. The van der Waals surface area contributed by atoms with Gasteiger partial charge in [-0.1, -0.05) is 43.3 Å². The summed E-state index contributed by atoms with van der Waals surface area (Å²) in [4.78, 5) is 17.9. The number of rotatable bonds is 7. The Morgan fingerprint density at radius 1 is 1.03 bits per heavy atom. The van der Waals surface area contributed by atoms with Crippen LogP contribution in [-0.4, -0.2) is 25.8 Å². The number of benzene rings is 2. The lowest BCUT2D eigenvalue weighted by Crippen LogP contribution is -2.22. The Morgan fingerprint density at radius 2 is 1.82 bits per heavy atom. The average molecular weight is 455 g/mol. The van der Waals surface area contributed by atoms with Crippen molar-refractivity contribution >= 4 is 5.52 Å². The van der Waals surface area contributed by atoms with Crippen molar-refractivity contribution in [2.24, 2.45) is 0 Å². The summed E-state index contributed by atoms with van der Waals surface area (Å²) in [5, 5.41) is 4.59. The first kappa shape index (κ1) is 21.7. The van der Waals surface area contributed by atoms with Crippen LogP contribution in [0.1, 0.15) is 30.9 Å². The second-order valence-corrected chi connectivity index (χ2v) is 8.09. The van der Waals surface area contributed by atoms with Gasteiger partial charge in [-0.3, -0.25) is 4.79 Å². The van der Waals surface area contributed by atoms with Crippen LogP contribution in [0.15, 0.2) is 76.2 Å². The minimum atomic E-state index is -0.134. The van der Waals surface area contributed by atoms with Gasteiger partial charge >= 0.3 is 0 Å². The van der Waals surface area contributed by atoms with Crippen LogP contribution in [0.2, 0.25) is 0 Å². The third-order valence-electron chi connectivity index (χ3n) is 5.89. The molecule has 0 saturated carbocycles. The summed E-state index contributed by atoms with van der Waals surface area (Å²) in [6, 6.07) is 17.7. The van der Waals surface area contributed by atoms with E-state index in [1.54, 1.807) is 21.5 Å². The van der Waals surface area contributed by atoms with Gasteiger partial charge < -0.3 is 13.7 Å². The molecule has 7 heteroatoms. The number of aromatic nitrogens is 4. The molecule has 0 saturated heterocycles. The lowest BCUT2D eigenvalue weighted by Gasteiger charge is -2.06. The fraction of sp³-hybridized carbons (Fsp3) is 0.222.